The molecule has 1 aliphatic rings. The highest BCUT2D eigenvalue weighted by Gasteiger charge is 2.29. The molecule has 7 heteroatoms. The summed E-state index contributed by atoms with van der Waals surface area (Å²) in [6, 6.07) is 7.56. The maximum atomic E-state index is 12.8. The summed E-state index contributed by atoms with van der Waals surface area (Å²) in [6.07, 6.45) is 1.69. The van der Waals surface area contributed by atoms with Crippen LogP contribution in [0.2, 0.25) is 0 Å². The number of hydrogen-bond donors (Lipinski definition) is 1. The van der Waals surface area contributed by atoms with Crippen LogP contribution in [0.25, 0.3) is 0 Å². The minimum absolute atomic E-state index is 0.132. The molecule has 0 atom stereocenters. The monoisotopic (exact) mass is 350 g/mol. The van der Waals surface area contributed by atoms with Gasteiger partial charge in [0.1, 0.15) is 0 Å². The number of amides is 1. The zero-order valence-electron chi connectivity index (χ0n) is 13.0. The lowest BCUT2D eigenvalue weighted by atomic mass is 10.1. The van der Waals surface area contributed by atoms with E-state index in [1.165, 1.54) is 24.1 Å². The highest BCUT2D eigenvalue weighted by atomic mass is 32.2. The molecule has 0 saturated heterocycles. The molecule has 0 aliphatic carbocycles. The van der Waals surface area contributed by atoms with Gasteiger partial charge in [-0.2, -0.15) is 0 Å². The second kappa shape index (κ2) is 6.07. The minimum atomic E-state index is -3.52. The third-order valence-electron chi connectivity index (χ3n) is 4.07. The van der Waals surface area contributed by atoms with Gasteiger partial charge in [0.05, 0.1) is 15.5 Å². The molecule has 2 aromatic rings. The van der Waals surface area contributed by atoms with Crippen LogP contribution in [0, 0.1) is 0 Å². The van der Waals surface area contributed by atoms with Crippen LogP contribution in [0.5, 0.6) is 0 Å². The molecule has 1 aliphatic heterocycles. The van der Waals surface area contributed by atoms with Gasteiger partial charge in [-0.25, -0.2) is 13.1 Å². The number of carbonyl (C=O) groups is 1. The van der Waals surface area contributed by atoms with E-state index in [4.69, 9.17) is 0 Å². The SMILES string of the molecule is CCc1cccc2c1N(C(=O)c1cc(S(=O)(=O)NC)cs1)CC2. The highest BCUT2D eigenvalue weighted by molar-refractivity contribution is 7.89. The first-order chi connectivity index (χ1) is 11.0. The summed E-state index contributed by atoms with van der Waals surface area (Å²) < 4.78 is 25.9. The number of thiophene rings is 1. The number of aryl methyl sites for hydroxylation is 1. The number of rotatable bonds is 4. The molecular weight excluding hydrogens is 332 g/mol. The van der Waals surface area contributed by atoms with Crippen LogP contribution in [0.15, 0.2) is 34.5 Å². The van der Waals surface area contributed by atoms with Crippen LogP contribution < -0.4 is 9.62 Å². The lowest BCUT2D eigenvalue weighted by molar-refractivity contribution is 0.0993. The molecule has 0 bridgehead atoms. The smallest absolute Gasteiger partial charge is 0.268 e. The van der Waals surface area contributed by atoms with Crippen molar-refractivity contribution in [2.24, 2.45) is 0 Å². The fourth-order valence-corrected chi connectivity index (χ4v) is 4.80. The fourth-order valence-electron chi connectivity index (χ4n) is 2.85. The number of hydrogen-bond acceptors (Lipinski definition) is 4. The fraction of sp³-hybridized carbons (Fsp3) is 0.312. The van der Waals surface area contributed by atoms with Crippen molar-refractivity contribution < 1.29 is 13.2 Å². The molecule has 0 spiro atoms. The first-order valence-corrected chi connectivity index (χ1v) is 9.79. The van der Waals surface area contributed by atoms with E-state index in [1.54, 1.807) is 4.90 Å². The second-order valence-electron chi connectivity index (χ2n) is 5.34. The summed E-state index contributed by atoms with van der Waals surface area (Å²) in [6.45, 7) is 2.70. The maximum Gasteiger partial charge on any atom is 0.268 e. The molecule has 122 valence electrons. The van der Waals surface area contributed by atoms with Crippen molar-refractivity contribution in [1.82, 2.24) is 4.72 Å². The Kier molecular flexibility index (Phi) is 4.27. The van der Waals surface area contributed by atoms with Crippen LogP contribution in [-0.2, 0) is 22.9 Å². The Bertz CT molecular complexity index is 856. The number of carbonyl (C=O) groups excluding carboxylic acids is 1. The molecule has 1 aromatic heterocycles. The first kappa shape index (κ1) is 16.2. The summed E-state index contributed by atoms with van der Waals surface area (Å²) in [5.41, 5.74) is 3.32. The number of fused-ring (bicyclic) bond motifs is 1. The highest BCUT2D eigenvalue weighted by Crippen LogP contribution is 2.34. The van der Waals surface area contributed by atoms with Gasteiger partial charge in [0.2, 0.25) is 10.0 Å². The third-order valence-corrected chi connectivity index (χ3v) is 6.53. The van der Waals surface area contributed by atoms with Gasteiger partial charge in [-0.1, -0.05) is 25.1 Å². The van der Waals surface area contributed by atoms with Crippen molar-refractivity contribution in [3.8, 4) is 0 Å². The number of para-hydroxylation sites is 1. The van der Waals surface area contributed by atoms with Gasteiger partial charge in [-0.15, -0.1) is 11.3 Å². The van der Waals surface area contributed by atoms with E-state index in [0.717, 1.165) is 35.4 Å². The van der Waals surface area contributed by atoms with E-state index < -0.39 is 10.0 Å². The van der Waals surface area contributed by atoms with Gasteiger partial charge in [0, 0.05) is 11.9 Å². The van der Waals surface area contributed by atoms with Crippen LogP contribution in [0.4, 0.5) is 5.69 Å². The summed E-state index contributed by atoms with van der Waals surface area (Å²) in [4.78, 5) is 15.2. The van der Waals surface area contributed by atoms with Crippen molar-refractivity contribution in [2.75, 3.05) is 18.5 Å². The molecule has 3 rings (SSSR count). The second-order valence-corrected chi connectivity index (χ2v) is 8.14. The summed E-state index contributed by atoms with van der Waals surface area (Å²) in [5.74, 6) is -0.132. The minimum Gasteiger partial charge on any atom is -0.307 e. The Labute approximate surface area is 140 Å². The normalized spacial score (nSPS) is 14.1. The Morgan fingerprint density at radius 3 is 2.87 bits per heavy atom. The third kappa shape index (κ3) is 2.80. The van der Waals surface area contributed by atoms with Crippen LogP contribution in [0.1, 0.15) is 27.7 Å². The van der Waals surface area contributed by atoms with Gasteiger partial charge in [0.15, 0.2) is 0 Å². The molecule has 0 radical (unpaired) electrons. The molecule has 2 heterocycles. The van der Waals surface area contributed by atoms with Crippen LogP contribution in [-0.4, -0.2) is 27.9 Å². The molecule has 0 saturated carbocycles. The van der Waals surface area contributed by atoms with Crippen LogP contribution >= 0.6 is 11.3 Å². The first-order valence-electron chi connectivity index (χ1n) is 7.42. The summed E-state index contributed by atoms with van der Waals surface area (Å²) >= 11 is 1.16. The van der Waals surface area contributed by atoms with Gasteiger partial charge in [0.25, 0.3) is 5.91 Å². The average molecular weight is 350 g/mol. The van der Waals surface area contributed by atoms with Crippen LogP contribution in [0.3, 0.4) is 0 Å². The number of nitrogens with zero attached hydrogens (tertiary/aromatic N) is 1. The number of sulfonamides is 1. The number of benzene rings is 1. The van der Waals surface area contributed by atoms with Gasteiger partial charge in [-0.05, 0) is 37.1 Å². The molecule has 0 fully saturated rings. The standard InChI is InChI=1S/C16H18N2O3S2/c1-3-11-5-4-6-12-7-8-18(15(11)12)16(19)14-9-13(10-22-14)23(20,21)17-2/h4-6,9-10,17H,3,7-8H2,1-2H3. The van der Waals surface area contributed by atoms with E-state index in [9.17, 15) is 13.2 Å². The quantitative estimate of drug-likeness (QED) is 0.921. The average Bonchev–Trinajstić information content (AvgIpc) is 3.21. The van der Waals surface area contributed by atoms with Crippen molar-refractivity contribution in [1.29, 1.82) is 0 Å². The summed E-state index contributed by atoms with van der Waals surface area (Å²) in [5, 5.41) is 1.50. The molecule has 5 nitrogen and oxygen atoms in total. The molecule has 0 unspecified atom stereocenters. The Hall–Kier alpha value is -1.70. The zero-order chi connectivity index (χ0) is 16.6. The number of anilines is 1. The van der Waals surface area contributed by atoms with Crippen molar-refractivity contribution in [2.45, 2.75) is 24.7 Å². The maximum absolute atomic E-state index is 12.8. The predicted octanol–water partition coefficient (Wildman–Crippen LogP) is 2.42. The Balaban J connectivity index is 1.96. The molecular formula is C16H18N2O3S2. The van der Waals surface area contributed by atoms with Crippen molar-refractivity contribution in [3.63, 3.8) is 0 Å². The lowest BCUT2D eigenvalue weighted by Gasteiger charge is -2.19. The predicted molar refractivity (Wildman–Crippen MR) is 91.8 cm³/mol. The lowest BCUT2D eigenvalue weighted by Crippen LogP contribution is -2.29. The molecule has 23 heavy (non-hydrogen) atoms. The largest absolute Gasteiger partial charge is 0.307 e. The van der Waals surface area contributed by atoms with Gasteiger partial charge < -0.3 is 4.90 Å². The number of nitrogens with one attached hydrogen (secondary N) is 1. The zero-order valence-corrected chi connectivity index (χ0v) is 14.6. The van der Waals surface area contributed by atoms with Gasteiger partial charge >= 0.3 is 0 Å². The van der Waals surface area contributed by atoms with E-state index >= 15 is 0 Å². The Morgan fingerprint density at radius 1 is 1.39 bits per heavy atom. The van der Waals surface area contributed by atoms with Crippen molar-refractivity contribution in [3.05, 3.63) is 45.6 Å². The topological polar surface area (TPSA) is 66.5 Å². The van der Waals surface area contributed by atoms with E-state index in [2.05, 4.69) is 11.6 Å². The van der Waals surface area contributed by atoms with Gasteiger partial charge in [-0.3, -0.25) is 4.79 Å². The van der Waals surface area contributed by atoms with Crippen molar-refractivity contribution >= 4 is 33.0 Å². The Morgan fingerprint density at radius 2 is 2.17 bits per heavy atom. The van der Waals surface area contributed by atoms with E-state index in [-0.39, 0.29) is 10.8 Å². The molecule has 1 amide bonds. The molecule has 1 N–H and O–H groups in total. The van der Waals surface area contributed by atoms with E-state index in [1.807, 2.05) is 18.2 Å². The summed E-state index contributed by atoms with van der Waals surface area (Å²) in [7, 11) is -2.16. The molecule has 1 aromatic carbocycles. The van der Waals surface area contributed by atoms with E-state index in [0.29, 0.717) is 11.4 Å².